The molecule has 0 bridgehead atoms. The number of aromatic nitrogens is 2. The van der Waals surface area contributed by atoms with Gasteiger partial charge in [0.2, 0.25) is 0 Å². The summed E-state index contributed by atoms with van der Waals surface area (Å²) in [6.45, 7) is 1.79. The summed E-state index contributed by atoms with van der Waals surface area (Å²) < 4.78 is 6.19. The zero-order valence-corrected chi connectivity index (χ0v) is 20.0. The number of nitrogens with one attached hydrogen (secondary N) is 1. The van der Waals surface area contributed by atoms with E-state index in [1.165, 1.54) is 12.1 Å². The molecule has 0 atom stereocenters. The summed E-state index contributed by atoms with van der Waals surface area (Å²) in [7, 11) is 0. The van der Waals surface area contributed by atoms with Gasteiger partial charge in [0.15, 0.2) is 5.69 Å². The van der Waals surface area contributed by atoms with Crippen LogP contribution in [-0.4, -0.2) is 28.3 Å². The summed E-state index contributed by atoms with van der Waals surface area (Å²) >= 11 is 19.2. The van der Waals surface area contributed by atoms with Crippen LogP contribution >= 0.6 is 46.1 Å². The highest BCUT2D eigenvalue weighted by atomic mass is 35.5. The van der Waals surface area contributed by atoms with Gasteiger partial charge in [-0.3, -0.25) is 9.59 Å². The van der Waals surface area contributed by atoms with E-state index in [0.29, 0.717) is 15.7 Å². The lowest BCUT2D eigenvalue weighted by Gasteiger charge is -2.10. The summed E-state index contributed by atoms with van der Waals surface area (Å²) in [5.41, 5.74) is -0.0605. The van der Waals surface area contributed by atoms with Crippen LogP contribution in [0.3, 0.4) is 0 Å². The van der Waals surface area contributed by atoms with E-state index < -0.39 is 17.4 Å². The molecule has 0 unspecified atom stereocenters. The molecule has 1 amide bonds. The van der Waals surface area contributed by atoms with Gasteiger partial charge in [0.25, 0.3) is 11.5 Å². The van der Waals surface area contributed by atoms with E-state index in [1.54, 1.807) is 42.6 Å². The molecule has 4 aromatic rings. The van der Waals surface area contributed by atoms with Gasteiger partial charge in [-0.25, -0.2) is 4.79 Å². The number of anilines is 1. The van der Waals surface area contributed by atoms with Gasteiger partial charge in [0.05, 0.1) is 28.3 Å². The monoisotopic (exact) mass is 521 g/mol. The van der Waals surface area contributed by atoms with E-state index in [2.05, 4.69) is 10.4 Å². The molecule has 0 saturated carbocycles. The fourth-order valence-corrected chi connectivity index (χ4v) is 4.52. The molecule has 7 nitrogen and oxygen atoms in total. The number of rotatable bonds is 5. The predicted molar refractivity (Wildman–Crippen MR) is 131 cm³/mol. The quantitative estimate of drug-likeness (QED) is 0.333. The third kappa shape index (κ3) is 4.60. The molecule has 0 spiro atoms. The van der Waals surface area contributed by atoms with Gasteiger partial charge < -0.3 is 10.1 Å². The lowest BCUT2D eigenvalue weighted by Crippen LogP contribution is -2.25. The summed E-state index contributed by atoms with van der Waals surface area (Å²) in [6.07, 6.45) is 0. The predicted octanol–water partition coefficient (Wildman–Crippen LogP) is 5.84. The van der Waals surface area contributed by atoms with E-state index in [-0.39, 0.29) is 38.7 Å². The maximum atomic E-state index is 13.4. The van der Waals surface area contributed by atoms with Gasteiger partial charge in [0.1, 0.15) is 5.00 Å². The number of esters is 1. The number of ether oxygens (including phenoxy) is 1. The van der Waals surface area contributed by atoms with Crippen LogP contribution in [0.4, 0.5) is 5.00 Å². The molecule has 0 aliphatic rings. The van der Waals surface area contributed by atoms with Crippen molar-refractivity contribution >= 4 is 73.8 Å². The molecule has 4 rings (SSSR count). The minimum Gasteiger partial charge on any atom is -0.461 e. The van der Waals surface area contributed by atoms with Crippen LogP contribution in [0.5, 0.6) is 0 Å². The van der Waals surface area contributed by atoms with Crippen LogP contribution in [-0.2, 0) is 4.74 Å². The van der Waals surface area contributed by atoms with E-state index in [9.17, 15) is 14.4 Å². The highest BCUT2D eigenvalue weighted by Crippen LogP contribution is 2.32. The second kappa shape index (κ2) is 9.52. The van der Waals surface area contributed by atoms with Gasteiger partial charge >= 0.3 is 5.97 Å². The Kier molecular flexibility index (Phi) is 6.71. The third-order valence-electron chi connectivity index (χ3n) is 4.59. The molecule has 0 radical (unpaired) electrons. The Morgan fingerprint density at radius 3 is 2.48 bits per heavy atom. The van der Waals surface area contributed by atoms with E-state index in [4.69, 9.17) is 39.5 Å². The van der Waals surface area contributed by atoms with Gasteiger partial charge in [0, 0.05) is 20.8 Å². The Bertz CT molecular complexity index is 1450. The highest BCUT2D eigenvalue weighted by molar-refractivity contribution is 7.16. The fraction of sp³-hybridized carbons (Fsp3) is 0.0909. The van der Waals surface area contributed by atoms with Crippen molar-refractivity contribution in [1.82, 2.24) is 9.78 Å². The van der Waals surface area contributed by atoms with Gasteiger partial charge in [-0.2, -0.15) is 9.78 Å². The number of halogens is 3. The molecular weight excluding hydrogens is 509 g/mol. The summed E-state index contributed by atoms with van der Waals surface area (Å²) in [4.78, 5) is 38.9. The SMILES string of the molecule is CCOC(=O)c1nn(-c2ccc(Cl)cc2)c(=O)c2c(NC(=O)c3cc(Cl)ccc3Cl)scc12. The molecule has 1 N–H and O–H groups in total. The first kappa shape index (κ1) is 23.3. The number of carbonyl (C=O) groups excluding carboxylic acids is 2. The molecule has 0 aliphatic carbocycles. The Hall–Kier alpha value is -2.91. The Labute approximate surface area is 206 Å². The second-order valence-corrected chi connectivity index (χ2v) is 8.85. The van der Waals surface area contributed by atoms with Crippen molar-refractivity contribution in [3.05, 3.63) is 84.5 Å². The van der Waals surface area contributed by atoms with Crippen molar-refractivity contribution in [2.45, 2.75) is 6.92 Å². The van der Waals surface area contributed by atoms with Gasteiger partial charge in [-0.05, 0) is 49.4 Å². The largest absolute Gasteiger partial charge is 0.461 e. The van der Waals surface area contributed by atoms with Crippen LogP contribution in [0.25, 0.3) is 16.5 Å². The standard InChI is InChI=1S/C22H14Cl3N3O4S/c1-2-32-22(31)18-15-10-33-20(26-19(29)14-9-12(24)5-8-16(14)25)17(15)21(30)28(27-18)13-6-3-11(23)4-7-13/h3-10H,2H2,1H3,(H,26,29). The molecule has 0 saturated heterocycles. The molecule has 11 heteroatoms. The average molecular weight is 523 g/mol. The number of benzene rings is 2. The molecule has 0 aliphatic heterocycles. The number of carbonyl (C=O) groups is 2. The lowest BCUT2D eigenvalue weighted by atomic mass is 10.2. The Morgan fingerprint density at radius 2 is 1.79 bits per heavy atom. The molecule has 2 heterocycles. The van der Waals surface area contributed by atoms with E-state index >= 15 is 0 Å². The number of fused-ring (bicyclic) bond motifs is 1. The summed E-state index contributed by atoms with van der Waals surface area (Å²) in [5.74, 6) is -1.25. The number of amides is 1. The van der Waals surface area contributed by atoms with Crippen LogP contribution in [0.1, 0.15) is 27.8 Å². The minimum absolute atomic E-state index is 0.0565. The Balaban J connectivity index is 1.89. The Morgan fingerprint density at radius 1 is 1.09 bits per heavy atom. The maximum absolute atomic E-state index is 13.4. The van der Waals surface area contributed by atoms with Crippen LogP contribution in [0.2, 0.25) is 15.1 Å². The van der Waals surface area contributed by atoms with Crippen molar-refractivity contribution in [2.75, 3.05) is 11.9 Å². The zero-order valence-electron chi connectivity index (χ0n) is 16.9. The molecular formula is C22H14Cl3N3O4S. The fourth-order valence-electron chi connectivity index (χ4n) is 3.09. The maximum Gasteiger partial charge on any atom is 0.359 e. The third-order valence-corrected chi connectivity index (χ3v) is 6.30. The summed E-state index contributed by atoms with van der Waals surface area (Å²) in [6, 6.07) is 10.9. The van der Waals surface area contributed by atoms with Gasteiger partial charge in [-0.1, -0.05) is 34.8 Å². The van der Waals surface area contributed by atoms with E-state index in [1.807, 2.05) is 0 Å². The molecule has 2 aromatic carbocycles. The van der Waals surface area contributed by atoms with Crippen molar-refractivity contribution in [1.29, 1.82) is 0 Å². The molecule has 33 heavy (non-hydrogen) atoms. The normalized spacial score (nSPS) is 10.9. The molecule has 0 fully saturated rings. The van der Waals surface area contributed by atoms with Crippen molar-refractivity contribution in [2.24, 2.45) is 0 Å². The average Bonchev–Trinajstić information content (AvgIpc) is 3.20. The first-order valence-corrected chi connectivity index (χ1v) is 11.6. The topological polar surface area (TPSA) is 90.3 Å². The number of nitrogens with zero attached hydrogens (tertiary/aromatic N) is 2. The first-order chi connectivity index (χ1) is 15.8. The van der Waals surface area contributed by atoms with Gasteiger partial charge in [-0.15, -0.1) is 11.3 Å². The van der Waals surface area contributed by atoms with Crippen molar-refractivity contribution in [3.63, 3.8) is 0 Å². The number of hydrogen-bond acceptors (Lipinski definition) is 6. The minimum atomic E-state index is -0.696. The second-order valence-electron chi connectivity index (χ2n) is 6.69. The first-order valence-electron chi connectivity index (χ1n) is 9.54. The smallest absolute Gasteiger partial charge is 0.359 e. The highest BCUT2D eigenvalue weighted by Gasteiger charge is 2.24. The van der Waals surface area contributed by atoms with Crippen LogP contribution in [0, 0.1) is 0 Å². The lowest BCUT2D eigenvalue weighted by molar-refractivity contribution is 0.0520. The zero-order chi connectivity index (χ0) is 23.7. The molecule has 2 aromatic heterocycles. The number of thiophene rings is 1. The summed E-state index contributed by atoms with van der Waals surface area (Å²) in [5, 5.41) is 10.1. The number of hydrogen-bond donors (Lipinski definition) is 1. The molecule has 168 valence electrons. The van der Waals surface area contributed by atoms with E-state index in [0.717, 1.165) is 16.0 Å². The van der Waals surface area contributed by atoms with Crippen LogP contribution < -0.4 is 10.9 Å². The van der Waals surface area contributed by atoms with Crippen molar-refractivity contribution < 1.29 is 14.3 Å². The van der Waals surface area contributed by atoms with Crippen LogP contribution in [0.15, 0.2) is 52.6 Å². The van der Waals surface area contributed by atoms with Crippen molar-refractivity contribution in [3.8, 4) is 5.69 Å².